The third-order valence-electron chi connectivity index (χ3n) is 3.45. The number of hydrogen-bond donors (Lipinski definition) is 1. The van der Waals surface area contributed by atoms with Crippen molar-refractivity contribution < 1.29 is 4.74 Å². The zero-order valence-electron chi connectivity index (χ0n) is 13.8. The van der Waals surface area contributed by atoms with Gasteiger partial charge < -0.3 is 10.1 Å². The molecule has 3 heteroatoms. The molecule has 0 amide bonds. The lowest BCUT2D eigenvalue weighted by atomic mass is 9.86. The van der Waals surface area contributed by atoms with Crippen LogP contribution < -0.4 is 10.1 Å². The Morgan fingerprint density at radius 2 is 1.90 bits per heavy atom. The molecule has 1 aromatic heterocycles. The SMILES string of the molecule is CCCNc1nc2ccc(OCC)cc2cc1C(C)(C)C. The van der Waals surface area contributed by atoms with Crippen LogP contribution in [0.1, 0.15) is 46.6 Å². The molecule has 114 valence electrons. The number of nitrogens with one attached hydrogen (secondary N) is 1. The Hall–Kier alpha value is -1.77. The first-order chi connectivity index (χ1) is 9.95. The molecule has 0 saturated heterocycles. The molecule has 0 aliphatic rings. The number of benzene rings is 1. The zero-order chi connectivity index (χ0) is 15.5. The van der Waals surface area contributed by atoms with E-state index in [1.165, 1.54) is 5.56 Å². The largest absolute Gasteiger partial charge is 0.494 e. The monoisotopic (exact) mass is 286 g/mol. The first-order valence-electron chi connectivity index (χ1n) is 7.77. The number of rotatable bonds is 5. The standard InChI is InChI=1S/C18H26N2O/c1-6-10-19-17-15(18(3,4)5)12-13-11-14(21-7-2)8-9-16(13)20-17/h8-9,11-12H,6-7,10H2,1-5H3,(H,19,20). The second kappa shape index (κ2) is 6.33. The lowest BCUT2D eigenvalue weighted by Crippen LogP contribution is -2.16. The molecule has 0 atom stereocenters. The fourth-order valence-electron chi connectivity index (χ4n) is 2.36. The van der Waals surface area contributed by atoms with Crippen LogP contribution in [0.15, 0.2) is 24.3 Å². The number of aromatic nitrogens is 1. The number of hydrogen-bond acceptors (Lipinski definition) is 3. The Kier molecular flexibility index (Phi) is 4.71. The highest BCUT2D eigenvalue weighted by atomic mass is 16.5. The van der Waals surface area contributed by atoms with Crippen molar-refractivity contribution in [2.75, 3.05) is 18.5 Å². The Bertz CT molecular complexity index is 614. The normalized spacial score (nSPS) is 11.7. The van der Waals surface area contributed by atoms with Crippen LogP contribution in [0.2, 0.25) is 0 Å². The molecule has 0 unspecified atom stereocenters. The van der Waals surface area contributed by atoms with Crippen molar-refractivity contribution >= 4 is 16.7 Å². The van der Waals surface area contributed by atoms with Crippen LogP contribution in [0.5, 0.6) is 5.75 Å². The van der Waals surface area contributed by atoms with Gasteiger partial charge in [-0.1, -0.05) is 27.7 Å². The lowest BCUT2D eigenvalue weighted by Gasteiger charge is -2.23. The second-order valence-electron chi connectivity index (χ2n) is 6.35. The maximum absolute atomic E-state index is 5.59. The van der Waals surface area contributed by atoms with E-state index in [4.69, 9.17) is 9.72 Å². The molecule has 1 aromatic carbocycles. The Morgan fingerprint density at radius 3 is 2.52 bits per heavy atom. The molecule has 3 nitrogen and oxygen atoms in total. The summed E-state index contributed by atoms with van der Waals surface area (Å²) in [6.45, 7) is 12.5. The average Bonchev–Trinajstić information content (AvgIpc) is 2.43. The van der Waals surface area contributed by atoms with Gasteiger partial charge in [0, 0.05) is 17.5 Å². The predicted octanol–water partition coefficient (Wildman–Crippen LogP) is 4.75. The van der Waals surface area contributed by atoms with E-state index in [1.807, 2.05) is 19.1 Å². The fraction of sp³-hybridized carbons (Fsp3) is 0.500. The van der Waals surface area contributed by atoms with Crippen molar-refractivity contribution in [1.29, 1.82) is 0 Å². The van der Waals surface area contributed by atoms with Gasteiger partial charge in [0.1, 0.15) is 11.6 Å². The summed E-state index contributed by atoms with van der Waals surface area (Å²) in [4.78, 5) is 4.81. The van der Waals surface area contributed by atoms with E-state index in [1.54, 1.807) is 0 Å². The summed E-state index contributed by atoms with van der Waals surface area (Å²) in [5.74, 6) is 1.90. The minimum absolute atomic E-state index is 0.0544. The van der Waals surface area contributed by atoms with E-state index in [9.17, 15) is 0 Å². The minimum Gasteiger partial charge on any atom is -0.494 e. The van der Waals surface area contributed by atoms with Gasteiger partial charge in [-0.05, 0) is 43.0 Å². The van der Waals surface area contributed by atoms with Crippen molar-refractivity contribution in [3.8, 4) is 5.75 Å². The van der Waals surface area contributed by atoms with Gasteiger partial charge >= 0.3 is 0 Å². The van der Waals surface area contributed by atoms with Gasteiger partial charge in [-0.2, -0.15) is 0 Å². The smallest absolute Gasteiger partial charge is 0.130 e. The molecular formula is C18H26N2O. The Balaban J connectivity index is 2.53. The molecule has 2 aromatic rings. The van der Waals surface area contributed by atoms with Crippen LogP contribution in [0.25, 0.3) is 10.9 Å². The maximum Gasteiger partial charge on any atom is 0.130 e. The zero-order valence-corrected chi connectivity index (χ0v) is 13.8. The second-order valence-corrected chi connectivity index (χ2v) is 6.35. The van der Waals surface area contributed by atoms with Gasteiger partial charge in [0.15, 0.2) is 0 Å². The van der Waals surface area contributed by atoms with Crippen molar-refractivity contribution in [3.63, 3.8) is 0 Å². The van der Waals surface area contributed by atoms with Crippen LogP contribution >= 0.6 is 0 Å². The first-order valence-corrected chi connectivity index (χ1v) is 7.77. The molecule has 0 radical (unpaired) electrons. The van der Waals surface area contributed by atoms with E-state index in [2.05, 4.69) is 45.1 Å². The summed E-state index contributed by atoms with van der Waals surface area (Å²) in [7, 11) is 0. The van der Waals surface area contributed by atoms with E-state index >= 15 is 0 Å². The highest BCUT2D eigenvalue weighted by molar-refractivity contribution is 5.83. The third-order valence-corrected chi connectivity index (χ3v) is 3.45. The summed E-state index contributed by atoms with van der Waals surface area (Å²) in [6.07, 6.45) is 1.09. The van der Waals surface area contributed by atoms with E-state index in [0.29, 0.717) is 6.61 Å². The van der Waals surface area contributed by atoms with Gasteiger partial charge in [-0.25, -0.2) is 4.98 Å². The molecule has 0 aliphatic heterocycles. The molecule has 0 bridgehead atoms. The summed E-state index contributed by atoms with van der Waals surface area (Å²) in [6, 6.07) is 8.33. The molecule has 1 N–H and O–H groups in total. The van der Waals surface area contributed by atoms with Gasteiger partial charge in [0.05, 0.1) is 12.1 Å². The number of nitrogens with zero attached hydrogens (tertiary/aromatic N) is 1. The van der Waals surface area contributed by atoms with Crippen molar-refractivity contribution in [3.05, 3.63) is 29.8 Å². The number of fused-ring (bicyclic) bond motifs is 1. The number of ether oxygens (including phenoxy) is 1. The van der Waals surface area contributed by atoms with Gasteiger partial charge in [0.2, 0.25) is 0 Å². The first kappa shape index (κ1) is 15.6. The minimum atomic E-state index is 0.0544. The molecule has 0 fully saturated rings. The number of anilines is 1. The van der Waals surface area contributed by atoms with Gasteiger partial charge in [0.25, 0.3) is 0 Å². The lowest BCUT2D eigenvalue weighted by molar-refractivity contribution is 0.340. The Labute approximate surface area is 127 Å². The highest BCUT2D eigenvalue weighted by Crippen LogP contribution is 2.32. The molecule has 0 spiro atoms. The predicted molar refractivity (Wildman–Crippen MR) is 90.4 cm³/mol. The molecule has 0 aliphatic carbocycles. The van der Waals surface area contributed by atoms with Crippen LogP contribution in [0, 0.1) is 0 Å². The molecule has 0 saturated carbocycles. The van der Waals surface area contributed by atoms with Crippen molar-refractivity contribution in [1.82, 2.24) is 4.98 Å². The number of pyridine rings is 1. The van der Waals surface area contributed by atoms with Gasteiger partial charge in [-0.3, -0.25) is 0 Å². The Morgan fingerprint density at radius 1 is 1.14 bits per heavy atom. The molecule has 2 rings (SSSR count). The maximum atomic E-state index is 5.59. The van der Waals surface area contributed by atoms with Crippen molar-refractivity contribution in [2.45, 2.75) is 46.5 Å². The fourth-order valence-corrected chi connectivity index (χ4v) is 2.36. The molecule has 1 heterocycles. The summed E-state index contributed by atoms with van der Waals surface area (Å²) < 4.78 is 5.59. The summed E-state index contributed by atoms with van der Waals surface area (Å²) in [5, 5.41) is 4.59. The topological polar surface area (TPSA) is 34.2 Å². The molecular weight excluding hydrogens is 260 g/mol. The highest BCUT2D eigenvalue weighted by Gasteiger charge is 2.20. The quantitative estimate of drug-likeness (QED) is 0.861. The summed E-state index contributed by atoms with van der Waals surface area (Å²) in [5.41, 5.74) is 2.31. The third kappa shape index (κ3) is 3.66. The van der Waals surface area contributed by atoms with Crippen LogP contribution in [0.3, 0.4) is 0 Å². The van der Waals surface area contributed by atoms with E-state index in [-0.39, 0.29) is 5.41 Å². The van der Waals surface area contributed by atoms with E-state index < -0.39 is 0 Å². The summed E-state index contributed by atoms with van der Waals surface area (Å²) >= 11 is 0. The van der Waals surface area contributed by atoms with E-state index in [0.717, 1.165) is 35.4 Å². The molecule has 21 heavy (non-hydrogen) atoms. The average molecular weight is 286 g/mol. The van der Waals surface area contributed by atoms with Crippen LogP contribution in [-0.2, 0) is 5.41 Å². The van der Waals surface area contributed by atoms with Crippen molar-refractivity contribution in [2.24, 2.45) is 0 Å². The van der Waals surface area contributed by atoms with Crippen LogP contribution in [0.4, 0.5) is 5.82 Å². The van der Waals surface area contributed by atoms with Crippen LogP contribution in [-0.4, -0.2) is 18.1 Å². The van der Waals surface area contributed by atoms with Gasteiger partial charge in [-0.15, -0.1) is 0 Å².